The molecule has 0 aliphatic carbocycles. The number of nitrogen functional groups attached to an aromatic ring is 1. The summed E-state index contributed by atoms with van der Waals surface area (Å²) in [4.78, 5) is 32.4. The molecular formula is C12H11N5O2. The van der Waals surface area contributed by atoms with Gasteiger partial charge in [0.15, 0.2) is 0 Å². The lowest BCUT2D eigenvalue weighted by molar-refractivity contribution is -0.120. The SMILES string of the molecule is Nc1ncc2cc(N3CCC(=O)NC3=O)ccc2n1. The number of urea groups is 1. The average molecular weight is 257 g/mol. The van der Waals surface area contributed by atoms with Crippen molar-refractivity contribution in [3.63, 3.8) is 0 Å². The zero-order valence-electron chi connectivity index (χ0n) is 9.96. The Morgan fingerprint density at radius 3 is 2.95 bits per heavy atom. The number of fused-ring (bicyclic) bond motifs is 1. The normalized spacial score (nSPS) is 15.7. The molecule has 0 radical (unpaired) electrons. The molecule has 1 saturated heterocycles. The molecule has 1 fully saturated rings. The number of nitrogens with two attached hydrogens (primary N) is 1. The van der Waals surface area contributed by atoms with Crippen LogP contribution in [0, 0.1) is 0 Å². The van der Waals surface area contributed by atoms with Gasteiger partial charge in [-0.25, -0.2) is 14.8 Å². The lowest BCUT2D eigenvalue weighted by Gasteiger charge is -2.26. The van der Waals surface area contributed by atoms with Crippen LogP contribution in [0.2, 0.25) is 0 Å². The first-order valence-electron chi connectivity index (χ1n) is 5.77. The Kier molecular flexibility index (Phi) is 2.52. The minimum atomic E-state index is -0.410. The maximum Gasteiger partial charge on any atom is 0.328 e. The van der Waals surface area contributed by atoms with E-state index < -0.39 is 6.03 Å². The van der Waals surface area contributed by atoms with Crippen LogP contribution in [0.5, 0.6) is 0 Å². The lowest BCUT2D eigenvalue weighted by atomic mass is 10.2. The summed E-state index contributed by atoms with van der Waals surface area (Å²) in [6.45, 7) is 0.367. The molecule has 3 rings (SSSR count). The molecule has 1 aliphatic heterocycles. The van der Waals surface area contributed by atoms with Crippen LogP contribution in [0.1, 0.15) is 6.42 Å². The Labute approximate surface area is 108 Å². The third-order valence-corrected chi connectivity index (χ3v) is 2.95. The Balaban J connectivity index is 1.99. The zero-order valence-corrected chi connectivity index (χ0v) is 9.96. The average Bonchev–Trinajstić information content (AvgIpc) is 2.38. The van der Waals surface area contributed by atoms with Gasteiger partial charge in [-0.2, -0.15) is 0 Å². The molecular weight excluding hydrogens is 246 g/mol. The topological polar surface area (TPSA) is 101 Å². The quantitative estimate of drug-likeness (QED) is 0.781. The van der Waals surface area contributed by atoms with Crippen LogP contribution >= 0.6 is 0 Å². The first kappa shape index (κ1) is 11.4. The van der Waals surface area contributed by atoms with Crippen LogP contribution in [-0.4, -0.2) is 28.5 Å². The number of rotatable bonds is 1. The first-order chi connectivity index (χ1) is 9.13. The minimum Gasteiger partial charge on any atom is -0.368 e. The van der Waals surface area contributed by atoms with E-state index >= 15 is 0 Å². The van der Waals surface area contributed by atoms with Crippen LogP contribution < -0.4 is 16.0 Å². The molecule has 7 heteroatoms. The molecule has 96 valence electrons. The summed E-state index contributed by atoms with van der Waals surface area (Å²) in [5.74, 6) is -0.0419. The van der Waals surface area contributed by atoms with Crippen molar-refractivity contribution in [3.05, 3.63) is 24.4 Å². The number of nitrogens with one attached hydrogen (secondary N) is 1. The molecule has 3 N–H and O–H groups in total. The van der Waals surface area contributed by atoms with Crippen molar-refractivity contribution in [2.45, 2.75) is 6.42 Å². The van der Waals surface area contributed by atoms with Crippen LogP contribution in [0.4, 0.5) is 16.4 Å². The second-order valence-corrected chi connectivity index (χ2v) is 4.23. The summed E-state index contributed by atoms with van der Waals surface area (Å²) in [6, 6.07) is 4.92. The van der Waals surface area contributed by atoms with E-state index in [1.165, 1.54) is 4.90 Å². The third-order valence-electron chi connectivity index (χ3n) is 2.95. The molecule has 1 aliphatic rings. The van der Waals surface area contributed by atoms with Crippen LogP contribution in [0.15, 0.2) is 24.4 Å². The van der Waals surface area contributed by atoms with Gasteiger partial charge in [0.1, 0.15) is 0 Å². The monoisotopic (exact) mass is 257 g/mol. The standard InChI is InChI=1S/C12H11N5O2/c13-11-14-6-7-5-8(1-2-9(7)15-11)17-4-3-10(18)16-12(17)19/h1-2,5-6H,3-4H2,(H2,13,14,15)(H,16,18,19). The van der Waals surface area contributed by atoms with Gasteiger partial charge in [0.25, 0.3) is 0 Å². The number of carbonyl (C=O) groups is 2. The van der Waals surface area contributed by atoms with Gasteiger partial charge < -0.3 is 5.73 Å². The number of aromatic nitrogens is 2. The summed E-state index contributed by atoms with van der Waals surface area (Å²) >= 11 is 0. The largest absolute Gasteiger partial charge is 0.368 e. The summed E-state index contributed by atoms with van der Waals surface area (Å²) in [5, 5.41) is 3.07. The van der Waals surface area contributed by atoms with Gasteiger partial charge in [-0.05, 0) is 18.2 Å². The van der Waals surface area contributed by atoms with Crippen molar-refractivity contribution in [2.24, 2.45) is 0 Å². The van der Waals surface area contributed by atoms with Crippen LogP contribution in [-0.2, 0) is 4.79 Å². The number of imide groups is 1. The van der Waals surface area contributed by atoms with Gasteiger partial charge in [0.05, 0.1) is 5.52 Å². The summed E-state index contributed by atoms with van der Waals surface area (Å²) in [7, 11) is 0. The molecule has 1 aromatic carbocycles. The highest BCUT2D eigenvalue weighted by Crippen LogP contribution is 2.22. The fourth-order valence-corrected chi connectivity index (χ4v) is 2.01. The number of anilines is 2. The van der Waals surface area contributed by atoms with Gasteiger partial charge in [0, 0.05) is 30.2 Å². The van der Waals surface area contributed by atoms with Gasteiger partial charge in [-0.1, -0.05) is 0 Å². The van der Waals surface area contributed by atoms with Gasteiger partial charge >= 0.3 is 6.03 Å². The number of hydrogen-bond donors (Lipinski definition) is 2. The van der Waals surface area contributed by atoms with E-state index in [0.717, 1.165) is 5.39 Å². The Hall–Kier alpha value is -2.70. The van der Waals surface area contributed by atoms with E-state index in [0.29, 0.717) is 24.2 Å². The highest BCUT2D eigenvalue weighted by Gasteiger charge is 2.24. The van der Waals surface area contributed by atoms with E-state index in [1.807, 2.05) is 0 Å². The van der Waals surface area contributed by atoms with Gasteiger partial charge in [-0.15, -0.1) is 0 Å². The predicted molar refractivity (Wildman–Crippen MR) is 69.5 cm³/mol. The van der Waals surface area contributed by atoms with Gasteiger partial charge in [0.2, 0.25) is 11.9 Å². The fraction of sp³-hybridized carbons (Fsp3) is 0.167. The van der Waals surface area contributed by atoms with Crippen molar-refractivity contribution >= 4 is 34.5 Å². The predicted octanol–water partition coefficient (Wildman–Crippen LogP) is 0.658. The maximum atomic E-state index is 11.7. The smallest absolute Gasteiger partial charge is 0.328 e. The molecule has 1 aromatic heterocycles. The van der Waals surface area contributed by atoms with Crippen molar-refractivity contribution in [1.29, 1.82) is 0 Å². The van der Waals surface area contributed by atoms with Crippen LogP contribution in [0.25, 0.3) is 10.9 Å². The molecule has 0 unspecified atom stereocenters. The number of benzene rings is 1. The highest BCUT2D eigenvalue weighted by atomic mass is 16.2. The molecule has 0 bridgehead atoms. The number of carbonyl (C=O) groups excluding carboxylic acids is 2. The van der Waals surface area contributed by atoms with E-state index in [1.54, 1.807) is 24.4 Å². The minimum absolute atomic E-state index is 0.210. The highest BCUT2D eigenvalue weighted by molar-refractivity contribution is 6.06. The Morgan fingerprint density at radius 1 is 1.32 bits per heavy atom. The zero-order chi connectivity index (χ0) is 13.4. The molecule has 0 atom stereocenters. The molecule has 3 amide bonds. The van der Waals surface area contributed by atoms with Crippen LogP contribution in [0.3, 0.4) is 0 Å². The molecule has 0 spiro atoms. The van der Waals surface area contributed by atoms with E-state index in [9.17, 15) is 9.59 Å². The van der Waals surface area contributed by atoms with E-state index in [2.05, 4.69) is 15.3 Å². The maximum absolute atomic E-state index is 11.7. The lowest BCUT2D eigenvalue weighted by Crippen LogP contribution is -2.49. The van der Waals surface area contributed by atoms with E-state index in [-0.39, 0.29) is 11.9 Å². The third kappa shape index (κ3) is 2.05. The number of amides is 3. The fourth-order valence-electron chi connectivity index (χ4n) is 2.01. The van der Waals surface area contributed by atoms with Gasteiger partial charge in [-0.3, -0.25) is 15.0 Å². The second kappa shape index (κ2) is 4.20. The molecule has 7 nitrogen and oxygen atoms in total. The molecule has 2 aromatic rings. The summed E-state index contributed by atoms with van der Waals surface area (Å²) in [6.07, 6.45) is 1.90. The van der Waals surface area contributed by atoms with Crippen molar-refractivity contribution in [3.8, 4) is 0 Å². The van der Waals surface area contributed by atoms with Crippen molar-refractivity contribution < 1.29 is 9.59 Å². The number of nitrogens with zero attached hydrogens (tertiary/aromatic N) is 3. The Bertz CT molecular complexity index is 685. The Morgan fingerprint density at radius 2 is 2.16 bits per heavy atom. The number of hydrogen-bond acceptors (Lipinski definition) is 5. The van der Waals surface area contributed by atoms with Crippen molar-refractivity contribution in [2.75, 3.05) is 17.2 Å². The summed E-state index contributed by atoms with van der Waals surface area (Å²) < 4.78 is 0. The van der Waals surface area contributed by atoms with Crippen molar-refractivity contribution in [1.82, 2.24) is 15.3 Å². The first-order valence-corrected chi connectivity index (χ1v) is 5.77. The summed E-state index contributed by atoms with van der Waals surface area (Å²) in [5.41, 5.74) is 6.92. The second-order valence-electron chi connectivity index (χ2n) is 4.23. The molecule has 0 saturated carbocycles. The molecule has 2 heterocycles. The van der Waals surface area contributed by atoms with E-state index in [4.69, 9.17) is 5.73 Å². The molecule has 19 heavy (non-hydrogen) atoms.